The summed E-state index contributed by atoms with van der Waals surface area (Å²) in [6.07, 6.45) is 1.15. The average molecular weight is 557 g/mol. The Morgan fingerprint density at radius 3 is 2.55 bits per heavy atom. The number of piperidine rings is 1. The maximum absolute atomic E-state index is 12.5. The van der Waals surface area contributed by atoms with E-state index in [0.717, 1.165) is 50.3 Å². The molecule has 0 radical (unpaired) electrons. The largest absolute Gasteiger partial charge is 0.478 e. The van der Waals surface area contributed by atoms with Crippen molar-refractivity contribution in [2.24, 2.45) is 10.9 Å². The fourth-order valence-electron chi connectivity index (χ4n) is 3.39. The Hall–Kier alpha value is -1.30. The average Bonchev–Trinajstić information content (AvgIpc) is 2.71. The second kappa shape index (κ2) is 14.7. The van der Waals surface area contributed by atoms with Crippen molar-refractivity contribution in [3.8, 4) is 5.88 Å². The maximum atomic E-state index is 12.5. The van der Waals surface area contributed by atoms with Gasteiger partial charge in [-0.1, -0.05) is 13.0 Å². The number of halogens is 4. The van der Waals surface area contributed by atoms with Gasteiger partial charge in [-0.15, -0.1) is 24.0 Å². The number of pyridine rings is 1. The highest BCUT2D eigenvalue weighted by Gasteiger charge is 2.32. The molecule has 6 nitrogen and oxygen atoms in total. The number of nitrogens with zero attached hydrogens (tertiary/aromatic N) is 3. The first-order chi connectivity index (χ1) is 14.4. The molecule has 0 unspecified atom stereocenters. The van der Waals surface area contributed by atoms with E-state index in [1.807, 2.05) is 19.1 Å². The number of aliphatic imine (C=N–C) groups is 1. The van der Waals surface area contributed by atoms with Gasteiger partial charge in [-0.3, -0.25) is 4.90 Å². The lowest BCUT2D eigenvalue weighted by atomic mass is 9.93. The zero-order valence-electron chi connectivity index (χ0n) is 18.4. The number of nitrogens with one attached hydrogen (secondary N) is 2. The van der Waals surface area contributed by atoms with Crippen molar-refractivity contribution < 1.29 is 17.9 Å². The number of hydrogen-bond donors (Lipinski definition) is 2. The second-order valence-corrected chi connectivity index (χ2v) is 7.60. The Bertz CT molecular complexity index is 635. The van der Waals surface area contributed by atoms with Gasteiger partial charge in [0.05, 0.1) is 19.7 Å². The van der Waals surface area contributed by atoms with Crippen LogP contribution in [0.15, 0.2) is 23.3 Å². The van der Waals surface area contributed by atoms with Crippen LogP contribution in [0, 0.1) is 5.92 Å². The van der Waals surface area contributed by atoms with Gasteiger partial charge in [0.25, 0.3) is 0 Å². The minimum atomic E-state index is -4.11. The van der Waals surface area contributed by atoms with Crippen LogP contribution >= 0.6 is 24.0 Å². The van der Waals surface area contributed by atoms with Gasteiger partial charge in [0.15, 0.2) is 5.96 Å². The van der Waals surface area contributed by atoms with E-state index in [-0.39, 0.29) is 24.0 Å². The summed E-state index contributed by atoms with van der Waals surface area (Å²) in [5.74, 6) is 1.80. The highest BCUT2D eigenvalue weighted by molar-refractivity contribution is 14.0. The molecule has 2 rings (SSSR count). The van der Waals surface area contributed by atoms with Crippen LogP contribution in [0.3, 0.4) is 0 Å². The molecule has 1 aromatic heterocycles. The third-order valence-electron chi connectivity index (χ3n) is 4.97. The zero-order chi connectivity index (χ0) is 21.8. The molecule has 1 saturated heterocycles. The first kappa shape index (κ1) is 27.7. The molecule has 1 aliphatic heterocycles. The first-order valence-corrected chi connectivity index (χ1v) is 10.8. The number of hydrogen-bond acceptors (Lipinski definition) is 4. The standard InChI is InChI=1S/C21H34F3N5O.HI/c1-3-13-30-19-6-5-18(14-27-19)15-28-20(25-4-2)26-10-7-17-8-11-29(12-9-17)16-21(22,23)24;/h5-6,14,17H,3-4,7-13,15-16H2,1-2H3,(H2,25,26,28);1H. The summed E-state index contributed by atoms with van der Waals surface area (Å²) in [6.45, 7) is 6.96. The minimum Gasteiger partial charge on any atom is -0.478 e. The number of likely N-dealkylation sites (tertiary alicyclic amines) is 1. The van der Waals surface area contributed by atoms with Gasteiger partial charge in [-0.25, -0.2) is 9.98 Å². The van der Waals surface area contributed by atoms with Crippen LogP contribution in [-0.4, -0.2) is 61.4 Å². The van der Waals surface area contributed by atoms with Gasteiger partial charge in [0.1, 0.15) is 0 Å². The molecular formula is C21H35F3IN5O. The van der Waals surface area contributed by atoms with E-state index < -0.39 is 12.7 Å². The smallest absolute Gasteiger partial charge is 0.401 e. The third kappa shape index (κ3) is 11.8. The molecule has 0 aromatic carbocycles. The predicted molar refractivity (Wildman–Crippen MR) is 128 cm³/mol. The lowest BCUT2D eigenvalue weighted by Gasteiger charge is -2.32. The van der Waals surface area contributed by atoms with Crippen LogP contribution in [0.25, 0.3) is 0 Å². The molecule has 1 aromatic rings. The molecule has 2 heterocycles. The van der Waals surface area contributed by atoms with E-state index >= 15 is 0 Å². The monoisotopic (exact) mass is 557 g/mol. The van der Waals surface area contributed by atoms with E-state index in [0.29, 0.717) is 38.0 Å². The van der Waals surface area contributed by atoms with Crippen LogP contribution in [0.5, 0.6) is 5.88 Å². The van der Waals surface area contributed by atoms with Crippen LogP contribution in [0.1, 0.15) is 45.1 Å². The topological polar surface area (TPSA) is 61.8 Å². The summed E-state index contributed by atoms with van der Waals surface area (Å²) in [7, 11) is 0. The van der Waals surface area contributed by atoms with E-state index in [1.165, 1.54) is 4.90 Å². The second-order valence-electron chi connectivity index (χ2n) is 7.60. The minimum absolute atomic E-state index is 0. The summed E-state index contributed by atoms with van der Waals surface area (Å²) < 4.78 is 42.9. The van der Waals surface area contributed by atoms with Crippen LogP contribution in [0.2, 0.25) is 0 Å². The van der Waals surface area contributed by atoms with Gasteiger partial charge in [0.2, 0.25) is 5.88 Å². The van der Waals surface area contributed by atoms with Crippen LogP contribution < -0.4 is 15.4 Å². The summed E-state index contributed by atoms with van der Waals surface area (Å²) in [5.41, 5.74) is 0.994. The third-order valence-corrected chi connectivity index (χ3v) is 4.97. The molecule has 0 saturated carbocycles. The van der Waals surface area contributed by atoms with Crippen molar-refractivity contribution in [3.63, 3.8) is 0 Å². The zero-order valence-corrected chi connectivity index (χ0v) is 20.7. The molecule has 178 valence electrons. The van der Waals surface area contributed by atoms with E-state index in [1.54, 1.807) is 6.20 Å². The Morgan fingerprint density at radius 2 is 1.97 bits per heavy atom. The lowest BCUT2D eigenvalue weighted by molar-refractivity contribution is -0.148. The molecule has 0 aliphatic carbocycles. The number of rotatable bonds is 10. The van der Waals surface area contributed by atoms with Crippen molar-refractivity contribution in [2.45, 2.75) is 52.3 Å². The summed E-state index contributed by atoms with van der Waals surface area (Å²) in [6, 6.07) is 3.81. The van der Waals surface area contributed by atoms with Gasteiger partial charge in [-0.05, 0) is 57.2 Å². The van der Waals surface area contributed by atoms with E-state index in [2.05, 4.69) is 27.5 Å². The molecule has 1 aliphatic rings. The molecule has 2 N–H and O–H groups in total. The Labute approximate surface area is 200 Å². The SMILES string of the molecule is CCCOc1ccc(CN=C(NCC)NCCC2CCN(CC(F)(F)F)CC2)cn1.I. The highest BCUT2D eigenvalue weighted by atomic mass is 127. The summed E-state index contributed by atoms with van der Waals surface area (Å²) in [5, 5.41) is 6.55. The van der Waals surface area contributed by atoms with Crippen LogP contribution in [0.4, 0.5) is 13.2 Å². The summed E-state index contributed by atoms with van der Waals surface area (Å²) >= 11 is 0. The summed E-state index contributed by atoms with van der Waals surface area (Å²) in [4.78, 5) is 10.4. The van der Waals surface area contributed by atoms with Gasteiger partial charge in [0, 0.05) is 25.4 Å². The fourth-order valence-corrected chi connectivity index (χ4v) is 3.39. The van der Waals surface area contributed by atoms with E-state index in [9.17, 15) is 13.2 Å². The van der Waals surface area contributed by atoms with Crippen molar-refractivity contribution in [2.75, 3.05) is 39.3 Å². The van der Waals surface area contributed by atoms with Crippen molar-refractivity contribution in [3.05, 3.63) is 23.9 Å². The highest BCUT2D eigenvalue weighted by Crippen LogP contribution is 2.23. The Kier molecular flexibility index (Phi) is 13.2. The molecule has 0 spiro atoms. The molecule has 10 heteroatoms. The predicted octanol–water partition coefficient (Wildman–Crippen LogP) is 4.21. The number of aromatic nitrogens is 1. The fraction of sp³-hybridized carbons (Fsp3) is 0.714. The van der Waals surface area contributed by atoms with Crippen molar-refractivity contribution >= 4 is 29.9 Å². The molecule has 31 heavy (non-hydrogen) atoms. The molecule has 0 bridgehead atoms. The number of ether oxygens (including phenoxy) is 1. The van der Waals surface area contributed by atoms with Gasteiger partial charge in [-0.2, -0.15) is 13.2 Å². The molecular weight excluding hydrogens is 522 g/mol. The Morgan fingerprint density at radius 1 is 1.23 bits per heavy atom. The number of alkyl halides is 3. The van der Waals surface area contributed by atoms with Crippen molar-refractivity contribution in [1.29, 1.82) is 0 Å². The quantitative estimate of drug-likeness (QED) is 0.257. The normalized spacial score (nSPS) is 16.0. The maximum Gasteiger partial charge on any atom is 0.401 e. The van der Waals surface area contributed by atoms with E-state index in [4.69, 9.17) is 4.74 Å². The van der Waals surface area contributed by atoms with Crippen LogP contribution in [-0.2, 0) is 6.54 Å². The molecule has 1 fully saturated rings. The molecule has 0 atom stereocenters. The first-order valence-electron chi connectivity index (χ1n) is 10.8. The molecule has 0 amide bonds. The lowest BCUT2D eigenvalue weighted by Crippen LogP contribution is -2.41. The Balaban J connectivity index is 0.00000480. The van der Waals surface area contributed by atoms with Crippen molar-refractivity contribution in [1.82, 2.24) is 20.5 Å². The van der Waals surface area contributed by atoms with Gasteiger partial charge >= 0.3 is 6.18 Å². The van der Waals surface area contributed by atoms with Gasteiger partial charge < -0.3 is 15.4 Å². The number of guanidine groups is 1.